The van der Waals surface area contributed by atoms with E-state index in [2.05, 4.69) is 31.4 Å². The van der Waals surface area contributed by atoms with Crippen LogP contribution in [-0.4, -0.2) is 32.7 Å². The van der Waals surface area contributed by atoms with E-state index in [1.807, 2.05) is 6.07 Å². The van der Waals surface area contributed by atoms with Gasteiger partial charge < -0.3 is 15.8 Å². The second-order valence-corrected chi connectivity index (χ2v) is 8.05. The summed E-state index contributed by atoms with van der Waals surface area (Å²) in [5, 5.41) is 11.1. The van der Waals surface area contributed by atoms with Gasteiger partial charge in [0, 0.05) is 22.3 Å². The lowest BCUT2D eigenvalue weighted by Crippen LogP contribution is -2.50. The molecule has 1 amide bonds. The van der Waals surface area contributed by atoms with Gasteiger partial charge in [-0.05, 0) is 48.0 Å². The summed E-state index contributed by atoms with van der Waals surface area (Å²) in [6.07, 6.45) is 1.76. The van der Waals surface area contributed by atoms with E-state index in [1.165, 1.54) is 6.07 Å². The minimum absolute atomic E-state index is 0.0219. The third kappa shape index (κ3) is 5.14. The van der Waals surface area contributed by atoms with Crippen LogP contribution >= 0.6 is 15.9 Å². The zero-order valence-electron chi connectivity index (χ0n) is 15.8. The topological polar surface area (TPSA) is 94.5 Å². The smallest absolute Gasteiger partial charge is 0.240 e. The molecule has 154 valence electrons. The van der Waals surface area contributed by atoms with Gasteiger partial charge in [-0.1, -0.05) is 6.07 Å². The molecule has 3 N–H and O–H groups in total. The number of carbonyl (C=O) groups excluding carboxylic acids is 1. The van der Waals surface area contributed by atoms with Gasteiger partial charge in [-0.25, -0.2) is 8.78 Å². The maximum Gasteiger partial charge on any atom is 0.240 e. The first-order chi connectivity index (χ1) is 13.6. The van der Waals surface area contributed by atoms with Gasteiger partial charge in [0.1, 0.15) is 17.7 Å². The summed E-state index contributed by atoms with van der Waals surface area (Å²) in [6.45, 7) is 3.02. The van der Waals surface area contributed by atoms with E-state index in [-0.39, 0.29) is 18.8 Å². The lowest BCUT2D eigenvalue weighted by atomic mass is 10.1. The van der Waals surface area contributed by atoms with Gasteiger partial charge in [0.25, 0.3) is 0 Å². The standard InChI is InChI=1S/C19H20BrF2N5O2/c1-19(2,23)18(28)24-15(10-29-9-11-3-5-13(21)7-14(11)22)17-26-25-16-6-4-12(20)8-27(16)17/h3-8,15H,9-10,23H2,1-2H3,(H,24,28)/t15-/m1/s1. The van der Waals surface area contributed by atoms with Crippen molar-refractivity contribution < 1.29 is 18.3 Å². The van der Waals surface area contributed by atoms with Crippen molar-refractivity contribution in [3.8, 4) is 0 Å². The molecule has 0 bridgehead atoms. The number of hydrogen-bond donors (Lipinski definition) is 2. The molecule has 0 unspecified atom stereocenters. The van der Waals surface area contributed by atoms with Crippen LogP contribution < -0.4 is 11.1 Å². The molecule has 0 aliphatic rings. The van der Waals surface area contributed by atoms with Crippen LogP contribution in [-0.2, 0) is 16.1 Å². The molecule has 0 aliphatic heterocycles. The molecule has 3 rings (SSSR count). The molecule has 0 saturated heterocycles. The van der Waals surface area contributed by atoms with Gasteiger partial charge in [-0.15, -0.1) is 10.2 Å². The van der Waals surface area contributed by atoms with Gasteiger partial charge in [-0.3, -0.25) is 9.20 Å². The summed E-state index contributed by atoms with van der Waals surface area (Å²) in [7, 11) is 0. The molecule has 0 spiro atoms. The van der Waals surface area contributed by atoms with E-state index in [0.29, 0.717) is 11.5 Å². The monoisotopic (exact) mass is 467 g/mol. The van der Waals surface area contributed by atoms with Crippen molar-refractivity contribution in [2.24, 2.45) is 5.73 Å². The Morgan fingerprint density at radius 1 is 1.31 bits per heavy atom. The van der Waals surface area contributed by atoms with Gasteiger partial charge >= 0.3 is 0 Å². The van der Waals surface area contributed by atoms with Crippen molar-refractivity contribution in [2.75, 3.05) is 6.61 Å². The molecule has 1 atom stereocenters. The molecule has 2 aromatic heterocycles. The van der Waals surface area contributed by atoms with Crippen LogP contribution in [0.4, 0.5) is 8.78 Å². The summed E-state index contributed by atoms with van der Waals surface area (Å²) in [5.41, 5.74) is 5.54. The Kier molecular flexibility index (Phi) is 6.25. The third-order valence-electron chi connectivity index (χ3n) is 4.15. The number of amides is 1. The van der Waals surface area contributed by atoms with E-state index >= 15 is 0 Å². The number of nitrogens with two attached hydrogens (primary N) is 1. The van der Waals surface area contributed by atoms with Gasteiger partial charge in [-0.2, -0.15) is 0 Å². The zero-order valence-corrected chi connectivity index (χ0v) is 17.4. The number of rotatable bonds is 7. The fraction of sp³-hybridized carbons (Fsp3) is 0.316. The van der Waals surface area contributed by atoms with Crippen molar-refractivity contribution in [3.63, 3.8) is 0 Å². The summed E-state index contributed by atoms with van der Waals surface area (Å²) < 4.78 is 35.0. The Bertz CT molecular complexity index is 1040. The molecular weight excluding hydrogens is 448 g/mol. The first-order valence-electron chi connectivity index (χ1n) is 8.77. The number of benzene rings is 1. The average Bonchev–Trinajstić information content (AvgIpc) is 3.04. The summed E-state index contributed by atoms with van der Waals surface area (Å²) in [5.74, 6) is -1.35. The number of aromatic nitrogens is 3. The van der Waals surface area contributed by atoms with Crippen LogP contribution in [0.2, 0.25) is 0 Å². The van der Waals surface area contributed by atoms with E-state index in [9.17, 15) is 13.6 Å². The molecule has 0 radical (unpaired) electrons. The fourth-order valence-electron chi connectivity index (χ4n) is 2.57. The quantitative estimate of drug-likeness (QED) is 0.556. The third-order valence-corrected chi connectivity index (χ3v) is 4.62. The lowest BCUT2D eigenvalue weighted by molar-refractivity contribution is -0.126. The molecule has 0 fully saturated rings. The number of carbonyl (C=O) groups is 1. The first kappa shape index (κ1) is 21.3. The molecule has 3 aromatic rings. The number of ether oxygens (including phenoxy) is 1. The molecule has 10 heteroatoms. The minimum atomic E-state index is -1.12. The predicted octanol–water partition coefficient (Wildman–Crippen LogP) is 2.88. The minimum Gasteiger partial charge on any atom is -0.374 e. The molecule has 29 heavy (non-hydrogen) atoms. The lowest BCUT2D eigenvalue weighted by Gasteiger charge is -2.23. The highest BCUT2D eigenvalue weighted by Gasteiger charge is 2.28. The summed E-state index contributed by atoms with van der Waals surface area (Å²) in [6, 6.07) is 6.14. The van der Waals surface area contributed by atoms with Crippen LogP contribution in [0.3, 0.4) is 0 Å². The summed E-state index contributed by atoms with van der Waals surface area (Å²) in [4.78, 5) is 12.4. The van der Waals surface area contributed by atoms with Gasteiger partial charge in [0.2, 0.25) is 5.91 Å². The number of halogens is 3. The zero-order chi connectivity index (χ0) is 21.2. The van der Waals surface area contributed by atoms with E-state index in [4.69, 9.17) is 10.5 Å². The Morgan fingerprint density at radius 3 is 2.76 bits per heavy atom. The number of hydrogen-bond acceptors (Lipinski definition) is 5. The second-order valence-electron chi connectivity index (χ2n) is 7.13. The Labute approximate surface area is 174 Å². The molecule has 0 aliphatic carbocycles. The molecular formula is C19H20BrF2N5O2. The molecule has 0 saturated carbocycles. The molecule has 1 aromatic carbocycles. The highest BCUT2D eigenvalue weighted by atomic mass is 79.9. The van der Waals surface area contributed by atoms with Crippen LogP contribution in [0.1, 0.15) is 31.3 Å². The normalized spacial score (nSPS) is 12.9. The van der Waals surface area contributed by atoms with Crippen molar-refractivity contribution >= 4 is 27.5 Å². The van der Waals surface area contributed by atoms with Crippen LogP contribution in [0, 0.1) is 11.6 Å². The number of nitrogens with one attached hydrogen (secondary N) is 1. The number of nitrogens with zero attached hydrogens (tertiary/aromatic N) is 3. The number of fused-ring (bicyclic) bond motifs is 1. The highest BCUT2D eigenvalue weighted by molar-refractivity contribution is 9.10. The van der Waals surface area contributed by atoms with Crippen molar-refractivity contribution in [3.05, 3.63) is 64.0 Å². The molecule has 2 heterocycles. The average molecular weight is 468 g/mol. The maximum atomic E-state index is 13.8. The maximum absolute atomic E-state index is 13.8. The van der Waals surface area contributed by atoms with Gasteiger partial charge in [0.15, 0.2) is 11.5 Å². The highest BCUT2D eigenvalue weighted by Crippen LogP contribution is 2.19. The van der Waals surface area contributed by atoms with Crippen molar-refractivity contribution in [1.29, 1.82) is 0 Å². The Morgan fingerprint density at radius 2 is 2.07 bits per heavy atom. The van der Waals surface area contributed by atoms with Crippen LogP contribution in [0.5, 0.6) is 0 Å². The summed E-state index contributed by atoms with van der Waals surface area (Å²) >= 11 is 3.39. The second kappa shape index (κ2) is 8.52. The largest absolute Gasteiger partial charge is 0.374 e. The van der Waals surface area contributed by atoms with E-state index in [1.54, 1.807) is 30.5 Å². The number of pyridine rings is 1. The fourth-order valence-corrected chi connectivity index (χ4v) is 2.91. The van der Waals surface area contributed by atoms with Crippen molar-refractivity contribution in [1.82, 2.24) is 19.9 Å². The van der Waals surface area contributed by atoms with E-state index in [0.717, 1.165) is 16.6 Å². The Balaban J connectivity index is 1.82. The molecule has 7 nitrogen and oxygen atoms in total. The van der Waals surface area contributed by atoms with E-state index < -0.39 is 29.1 Å². The SMILES string of the molecule is CC(C)(N)C(=O)N[C@H](COCc1ccc(F)cc1F)c1nnc2ccc(Br)cn12. The van der Waals surface area contributed by atoms with Crippen LogP contribution in [0.25, 0.3) is 5.65 Å². The van der Waals surface area contributed by atoms with Gasteiger partial charge in [0.05, 0.1) is 18.8 Å². The van der Waals surface area contributed by atoms with Crippen LogP contribution in [0.15, 0.2) is 41.0 Å². The first-order valence-corrected chi connectivity index (χ1v) is 9.56. The Hall–Kier alpha value is -2.43. The predicted molar refractivity (Wildman–Crippen MR) is 106 cm³/mol. The van der Waals surface area contributed by atoms with Crippen molar-refractivity contribution in [2.45, 2.75) is 32.0 Å².